The highest BCUT2D eigenvalue weighted by Gasteiger charge is 2.66. The molecule has 0 aromatic carbocycles. The van der Waals surface area contributed by atoms with Crippen LogP contribution in [0, 0.1) is 46.3 Å². The van der Waals surface area contributed by atoms with E-state index >= 15 is 0 Å². The summed E-state index contributed by atoms with van der Waals surface area (Å²) < 4.78 is 25.4. The van der Waals surface area contributed by atoms with Gasteiger partial charge in [0.2, 0.25) is 0 Å². The first-order valence-corrected chi connectivity index (χ1v) is 27.6. The van der Waals surface area contributed by atoms with Crippen molar-refractivity contribution in [1.82, 2.24) is 0 Å². The van der Waals surface area contributed by atoms with Crippen molar-refractivity contribution in [3.05, 3.63) is 0 Å². The summed E-state index contributed by atoms with van der Waals surface area (Å²) in [6.07, 6.45) is 10.2. The number of rotatable bonds is 10. The number of nitrogens with zero attached hydrogens (tertiary/aromatic N) is 1. The number of ether oxygens (including phenoxy) is 1. The van der Waals surface area contributed by atoms with Gasteiger partial charge < -0.3 is 18.1 Å². The third kappa shape index (κ3) is 7.74. The number of hydrogen-bond acceptors (Lipinski definition) is 6. The standard InChI is InChI=1S/C34H65NO5Si3/c1-23(14-17-31(36)37-4)26-15-16-27-32-28(22-30(34(26,27)3)35-40-43(11,12)13)33(2)19-18-25(38-41(5,6)7)20-24(33)21-29(32)39-42(8,9)10/h23-29,32H,14-22H2,1-13H3/t23?,24-,25+,26?,27?,28?,29+,32?,33?,34?/m0/s1. The van der Waals surface area contributed by atoms with Crippen molar-refractivity contribution in [2.24, 2.45) is 51.5 Å². The fourth-order valence-electron chi connectivity index (χ4n) is 10.0. The summed E-state index contributed by atoms with van der Waals surface area (Å²) in [5, 5.41) is 5.17. The lowest BCUT2D eigenvalue weighted by molar-refractivity contribution is -0.144. The van der Waals surface area contributed by atoms with Crippen LogP contribution in [-0.4, -0.2) is 56.0 Å². The Morgan fingerprint density at radius 1 is 0.907 bits per heavy atom. The molecule has 0 spiro atoms. The molecular weight excluding hydrogens is 587 g/mol. The van der Waals surface area contributed by atoms with Gasteiger partial charge in [0, 0.05) is 24.0 Å². The maximum atomic E-state index is 12.1. The van der Waals surface area contributed by atoms with E-state index in [1.165, 1.54) is 51.3 Å². The summed E-state index contributed by atoms with van der Waals surface area (Å²) in [5.41, 5.74) is 1.53. The van der Waals surface area contributed by atoms with Gasteiger partial charge in [0.25, 0.3) is 8.32 Å². The molecule has 0 bridgehead atoms. The summed E-state index contributed by atoms with van der Waals surface area (Å²) in [6.45, 7) is 28.3. The van der Waals surface area contributed by atoms with Crippen LogP contribution in [0.4, 0.5) is 0 Å². The van der Waals surface area contributed by atoms with Crippen molar-refractivity contribution in [2.75, 3.05) is 7.11 Å². The van der Waals surface area contributed by atoms with E-state index in [2.05, 4.69) is 79.7 Å². The van der Waals surface area contributed by atoms with E-state index in [0.717, 1.165) is 12.8 Å². The van der Waals surface area contributed by atoms with Gasteiger partial charge in [-0.3, -0.25) is 4.79 Å². The van der Waals surface area contributed by atoms with Crippen LogP contribution in [0.3, 0.4) is 0 Å². The number of methoxy groups -OCH3 is 1. The smallest absolute Gasteiger partial charge is 0.305 e. The van der Waals surface area contributed by atoms with Gasteiger partial charge in [-0.15, -0.1) is 5.16 Å². The molecule has 7 unspecified atom stereocenters. The molecule has 10 atom stereocenters. The van der Waals surface area contributed by atoms with Crippen molar-refractivity contribution in [2.45, 2.75) is 150 Å². The second kappa shape index (κ2) is 12.6. The number of oxime groups is 1. The Morgan fingerprint density at radius 3 is 2.14 bits per heavy atom. The minimum atomic E-state index is -1.86. The zero-order valence-electron chi connectivity index (χ0n) is 30.0. The van der Waals surface area contributed by atoms with E-state index in [1.54, 1.807) is 0 Å². The van der Waals surface area contributed by atoms with Crippen LogP contribution >= 0.6 is 0 Å². The third-order valence-corrected chi connectivity index (χ3v) is 14.4. The molecule has 4 fully saturated rings. The molecule has 0 heterocycles. The molecule has 0 radical (unpaired) electrons. The predicted molar refractivity (Wildman–Crippen MR) is 185 cm³/mol. The molecule has 0 amide bonds. The van der Waals surface area contributed by atoms with Gasteiger partial charge in [-0.2, -0.15) is 0 Å². The summed E-state index contributed by atoms with van der Waals surface area (Å²) >= 11 is 0. The van der Waals surface area contributed by atoms with E-state index in [0.29, 0.717) is 54.1 Å². The lowest BCUT2D eigenvalue weighted by atomic mass is 9.43. The molecule has 0 aromatic heterocycles. The zero-order valence-corrected chi connectivity index (χ0v) is 33.0. The zero-order chi connectivity index (χ0) is 32.2. The van der Waals surface area contributed by atoms with Gasteiger partial charge in [-0.05, 0) is 151 Å². The van der Waals surface area contributed by atoms with Crippen molar-refractivity contribution in [3.63, 3.8) is 0 Å². The normalized spacial score (nSPS) is 39.9. The Bertz CT molecular complexity index is 1030. The number of esters is 1. The van der Waals surface area contributed by atoms with E-state index < -0.39 is 25.0 Å². The second-order valence-electron chi connectivity index (χ2n) is 18.1. The van der Waals surface area contributed by atoms with Crippen LogP contribution in [0.15, 0.2) is 5.16 Å². The summed E-state index contributed by atoms with van der Waals surface area (Å²) in [7, 11) is -3.74. The van der Waals surface area contributed by atoms with Crippen molar-refractivity contribution < 1.29 is 22.9 Å². The minimum absolute atomic E-state index is 0.0429. The van der Waals surface area contributed by atoms with E-state index in [1.807, 2.05) is 0 Å². The topological polar surface area (TPSA) is 66.4 Å². The molecule has 248 valence electrons. The average molecular weight is 652 g/mol. The maximum absolute atomic E-state index is 12.1. The first kappa shape index (κ1) is 35.4. The number of fused-ring (bicyclic) bond motifs is 5. The minimum Gasteiger partial charge on any atom is -0.469 e. The Kier molecular flexibility index (Phi) is 10.4. The number of carbonyl (C=O) groups excluding carboxylic acids is 1. The molecule has 0 saturated heterocycles. The molecule has 43 heavy (non-hydrogen) atoms. The third-order valence-electron chi connectivity index (χ3n) is 11.7. The van der Waals surface area contributed by atoms with Gasteiger partial charge in [0.15, 0.2) is 16.6 Å². The Labute approximate surface area is 267 Å². The Balaban J connectivity index is 1.75. The van der Waals surface area contributed by atoms with Crippen LogP contribution in [0.1, 0.15) is 78.6 Å². The van der Waals surface area contributed by atoms with Crippen LogP contribution in [0.25, 0.3) is 0 Å². The SMILES string of the molecule is COC(=O)CCC(C)C1CCC2C3C(CC(=NO[Si](C)(C)C)C12C)C1(C)CC[C@@H](O[Si](C)(C)C)C[C@H]1C[C@H]3O[Si](C)(C)C. The molecule has 0 N–H and O–H groups in total. The first-order chi connectivity index (χ1) is 19.7. The molecule has 4 saturated carbocycles. The Hall–Kier alpha value is -0.489. The highest BCUT2D eigenvalue weighted by molar-refractivity contribution is 6.70. The van der Waals surface area contributed by atoms with Crippen LogP contribution < -0.4 is 0 Å². The lowest BCUT2D eigenvalue weighted by Gasteiger charge is -2.64. The molecule has 4 aliphatic carbocycles. The average Bonchev–Trinajstić information content (AvgIpc) is 3.22. The van der Waals surface area contributed by atoms with E-state index in [4.69, 9.17) is 23.3 Å². The largest absolute Gasteiger partial charge is 0.469 e. The van der Waals surface area contributed by atoms with Gasteiger partial charge in [0.05, 0.1) is 12.8 Å². The van der Waals surface area contributed by atoms with E-state index in [9.17, 15) is 4.79 Å². The van der Waals surface area contributed by atoms with E-state index in [-0.39, 0.29) is 16.8 Å². The maximum Gasteiger partial charge on any atom is 0.305 e. The van der Waals surface area contributed by atoms with Crippen molar-refractivity contribution in [1.29, 1.82) is 0 Å². The van der Waals surface area contributed by atoms with Gasteiger partial charge >= 0.3 is 5.97 Å². The fourth-order valence-corrected chi connectivity index (χ4v) is 12.8. The van der Waals surface area contributed by atoms with Crippen LogP contribution in [0.5, 0.6) is 0 Å². The summed E-state index contributed by atoms with van der Waals surface area (Å²) in [5.74, 6) is 3.02. The quantitative estimate of drug-likeness (QED) is 0.134. The molecule has 4 aliphatic rings. The highest BCUT2D eigenvalue weighted by Crippen LogP contribution is 2.68. The van der Waals surface area contributed by atoms with Gasteiger partial charge in [0.1, 0.15) is 0 Å². The molecular formula is C34H65NO5Si3. The number of carbonyl (C=O) groups is 1. The predicted octanol–water partition coefficient (Wildman–Crippen LogP) is 9.10. The summed E-state index contributed by atoms with van der Waals surface area (Å²) in [4.78, 5) is 12.1. The lowest BCUT2D eigenvalue weighted by Crippen LogP contribution is -2.63. The number of hydrogen-bond donors (Lipinski definition) is 0. The molecule has 9 heteroatoms. The fraction of sp³-hybridized carbons (Fsp3) is 0.941. The molecule has 4 rings (SSSR count). The molecule has 0 aliphatic heterocycles. The van der Waals surface area contributed by atoms with Crippen molar-refractivity contribution in [3.8, 4) is 0 Å². The summed E-state index contributed by atoms with van der Waals surface area (Å²) in [6, 6.07) is 0. The second-order valence-corrected chi connectivity index (χ2v) is 31.5. The Morgan fingerprint density at radius 2 is 1.56 bits per heavy atom. The first-order valence-electron chi connectivity index (χ1n) is 17.4. The molecule has 0 aromatic rings. The molecule has 6 nitrogen and oxygen atoms in total. The van der Waals surface area contributed by atoms with Crippen molar-refractivity contribution >= 4 is 36.6 Å². The van der Waals surface area contributed by atoms with Gasteiger partial charge in [-0.1, -0.05) is 20.8 Å². The highest BCUT2D eigenvalue weighted by atomic mass is 28.4. The van der Waals surface area contributed by atoms with Crippen LogP contribution in [-0.2, 0) is 22.9 Å². The van der Waals surface area contributed by atoms with Gasteiger partial charge in [-0.25, -0.2) is 0 Å². The van der Waals surface area contributed by atoms with Crippen LogP contribution in [0.2, 0.25) is 58.9 Å². The monoisotopic (exact) mass is 651 g/mol.